The molecule has 0 saturated carbocycles. The van der Waals surface area contributed by atoms with Crippen LogP contribution in [-0.4, -0.2) is 42.5 Å². The number of halogens is 4. The summed E-state index contributed by atoms with van der Waals surface area (Å²) >= 11 is 6.66. The molecule has 0 unspecified atom stereocenters. The smallest absolute Gasteiger partial charge is 0.419 e. The number of benzene rings is 4. The predicted molar refractivity (Wildman–Crippen MR) is 210 cm³/mol. The van der Waals surface area contributed by atoms with Crippen LogP contribution < -0.4 is 29.6 Å². The molecule has 0 atom stereocenters. The summed E-state index contributed by atoms with van der Waals surface area (Å²) < 4.78 is 66.1. The molecule has 0 fully saturated rings. The van der Waals surface area contributed by atoms with Crippen LogP contribution in [0.2, 0.25) is 5.02 Å². The standard InChI is InChI=1S/C43H40ClF3N4O7/c1-26-30(24-57-40-15-38(55-3)32(20-49-10-11-52)13-36(40)43(45,46)47)6-4-8-34(26)35-9-5-7-31(27(35)2)25-58-41-16-39(33(14-37(41)44)21-51-22-42(53)54)56-23-29-12-28(17-48)18-50-19-29/h4-9,11-16,18-19,49,51H,10,20-25H2,1-3H3,(H,53,54). The number of aliphatic carboxylic acids is 1. The Morgan fingerprint density at radius 3 is 2.03 bits per heavy atom. The third-order valence-corrected chi connectivity index (χ3v) is 9.50. The molecule has 0 saturated heterocycles. The van der Waals surface area contributed by atoms with Crippen molar-refractivity contribution in [1.29, 1.82) is 5.26 Å². The Bertz CT molecular complexity index is 2310. The van der Waals surface area contributed by atoms with Crippen LogP contribution in [0, 0.1) is 25.2 Å². The molecular weight excluding hydrogens is 777 g/mol. The van der Waals surface area contributed by atoms with E-state index in [0.717, 1.165) is 33.9 Å². The number of carboxylic acids is 1. The van der Waals surface area contributed by atoms with E-state index in [1.165, 1.54) is 19.4 Å². The highest BCUT2D eigenvalue weighted by Crippen LogP contribution is 2.41. The monoisotopic (exact) mass is 816 g/mol. The molecule has 4 aromatic carbocycles. The number of nitrogens with one attached hydrogen (secondary N) is 2. The quantitative estimate of drug-likeness (QED) is 0.0548. The van der Waals surface area contributed by atoms with E-state index < -0.39 is 17.7 Å². The van der Waals surface area contributed by atoms with E-state index in [2.05, 4.69) is 15.6 Å². The first-order valence-electron chi connectivity index (χ1n) is 17.9. The van der Waals surface area contributed by atoms with Crippen molar-refractivity contribution in [3.05, 3.63) is 134 Å². The number of alkyl halides is 3. The Morgan fingerprint density at radius 2 is 1.43 bits per heavy atom. The summed E-state index contributed by atoms with van der Waals surface area (Å²) in [5, 5.41) is 24.2. The fourth-order valence-corrected chi connectivity index (χ4v) is 6.41. The van der Waals surface area contributed by atoms with Gasteiger partial charge in [0.1, 0.15) is 55.2 Å². The molecule has 1 heterocycles. The van der Waals surface area contributed by atoms with Gasteiger partial charge in [0.2, 0.25) is 0 Å². The van der Waals surface area contributed by atoms with Crippen molar-refractivity contribution < 1.29 is 46.8 Å². The van der Waals surface area contributed by atoms with Gasteiger partial charge in [-0.1, -0.05) is 48.0 Å². The summed E-state index contributed by atoms with van der Waals surface area (Å²) in [6.07, 6.45) is -1.07. The lowest BCUT2D eigenvalue weighted by Gasteiger charge is -2.20. The Kier molecular flexibility index (Phi) is 14.7. The highest BCUT2D eigenvalue weighted by atomic mass is 35.5. The SMILES string of the molecule is COc1cc(OCc2cccc(-c3cccc(COc4cc(OCc5cncc(C#N)c5)c(CNCC(=O)O)cc4Cl)c3C)c2C)c(C(F)(F)F)cc1CNCC=O. The number of carbonyl (C=O) groups is 2. The molecular formula is C43H40ClF3N4O7. The molecule has 0 aliphatic carbocycles. The van der Waals surface area contributed by atoms with Crippen LogP contribution in [0.15, 0.2) is 79.1 Å². The predicted octanol–water partition coefficient (Wildman–Crippen LogP) is 8.12. The van der Waals surface area contributed by atoms with E-state index in [1.807, 2.05) is 50.2 Å². The van der Waals surface area contributed by atoms with Crippen LogP contribution in [0.1, 0.15) is 50.1 Å². The van der Waals surface area contributed by atoms with E-state index in [0.29, 0.717) is 40.0 Å². The van der Waals surface area contributed by atoms with Crippen LogP contribution in [0.4, 0.5) is 13.2 Å². The molecule has 11 nitrogen and oxygen atoms in total. The summed E-state index contributed by atoms with van der Waals surface area (Å²) in [6.45, 7) is 3.71. The maximum absolute atomic E-state index is 14.2. The average Bonchev–Trinajstić information content (AvgIpc) is 3.20. The molecule has 0 radical (unpaired) electrons. The lowest BCUT2D eigenvalue weighted by atomic mass is 9.92. The Labute approximate surface area is 338 Å². The van der Waals surface area contributed by atoms with Gasteiger partial charge in [-0.05, 0) is 65.4 Å². The van der Waals surface area contributed by atoms with Gasteiger partial charge in [0.05, 0.1) is 36.3 Å². The maximum Gasteiger partial charge on any atom is 0.419 e. The van der Waals surface area contributed by atoms with Crippen LogP contribution in [0.3, 0.4) is 0 Å². The van der Waals surface area contributed by atoms with Gasteiger partial charge in [0, 0.05) is 54.3 Å². The summed E-state index contributed by atoms with van der Waals surface area (Å²) in [6, 6.07) is 20.4. The van der Waals surface area contributed by atoms with Crippen molar-refractivity contribution in [1.82, 2.24) is 15.6 Å². The minimum atomic E-state index is -4.71. The first-order valence-corrected chi connectivity index (χ1v) is 18.3. The van der Waals surface area contributed by atoms with Gasteiger partial charge in [-0.3, -0.25) is 9.78 Å². The molecule has 15 heteroatoms. The summed E-state index contributed by atoms with van der Waals surface area (Å²) in [5.41, 5.74) is 5.86. The number of hydrogen-bond donors (Lipinski definition) is 3. The molecule has 302 valence electrons. The van der Waals surface area contributed by atoms with E-state index in [1.54, 1.807) is 30.5 Å². The second kappa shape index (κ2) is 19.8. The van der Waals surface area contributed by atoms with E-state index >= 15 is 0 Å². The topological polar surface area (TPSA) is 152 Å². The number of nitrogens with zero attached hydrogens (tertiary/aromatic N) is 2. The van der Waals surface area contributed by atoms with Gasteiger partial charge in [-0.25, -0.2) is 0 Å². The number of aldehydes is 1. The van der Waals surface area contributed by atoms with Gasteiger partial charge in [0.25, 0.3) is 0 Å². The highest BCUT2D eigenvalue weighted by molar-refractivity contribution is 6.32. The number of rotatable bonds is 19. The Hall–Kier alpha value is -6.14. The van der Waals surface area contributed by atoms with Crippen molar-refractivity contribution in [2.75, 3.05) is 20.2 Å². The molecule has 0 amide bonds. The molecule has 1 aromatic heterocycles. The van der Waals surface area contributed by atoms with Crippen molar-refractivity contribution in [3.8, 4) is 40.2 Å². The number of hydrogen-bond acceptors (Lipinski definition) is 10. The minimum Gasteiger partial charge on any atom is -0.496 e. The fourth-order valence-electron chi connectivity index (χ4n) is 6.17. The number of pyridine rings is 1. The maximum atomic E-state index is 14.2. The zero-order valence-corrected chi connectivity index (χ0v) is 32.6. The highest BCUT2D eigenvalue weighted by Gasteiger charge is 2.36. The van der Waals surface area contributed by atoms with E-state index in [9.17, 15) is 28.0 Å². The molecule has 0 bridgehead atoms. The first-order chi connectivity index (χ1) is 27.8. The molecule has 58 heavy (non-hydrogen) atoms. The van der Waals surface area contributed by atoms with Crippen molar-refractivity contribution >= 4 is 23.9 Å². The third-order valence-electron chi connectivity index (χ3n) is 9.20. The van der Waals surface area contributed by atoms with Crippen LogP contribution >= 0.6 is 11.6 Å². The Morgan fingerprint density at radius 1 is 0.828 bits per heavy atom. The second-order valence-corrected chi connectivity index (χ2v) is 13.5. The molecule has 3 N–H and O–H groups in total. The molecule has 5 rings (SSSR count). The molecule has 0 aliphatic heterocycles. The number of aromatic nitrogens is 1. The van der Waals surface area contributed by atoms with Gasteiger partial charge in [-0.15, -0.1) is 0 Å². The third kappa shape index (κ3) is 11.0. The van der Waals surface area contributed by atoms with Crippen LogP contribution in [-0.2, 0) is 48.7 Å². The molecule has 0 aliphatic rings. The van der Waals surface area contributed by atoms with E-state index in [-0.39, 0.29) is 68.1 Å². The summed E-state index contributed by atoms with van der Waals surface area (Å²) in [4.78, 5) is 25.9. The normalized spacial score (nSPS) is 11.1. The molecule has 0 spiro atoms. The van der Waals surface area contributed by atoms with Crippen molar-refractivity contribution in [3.63, 3.8) is 0 Å². The lowest BCUT2D eigenvalue weighted by Crippen LogP contribution is -2.22. The zero-order chi connectivity index (χ0) is 41.8. The van der Waals surface area contributed by atoms with Gasteiger partial charge >= 0.3 is 12.1 Å². The van der Waals surface area contributed by atoms with Gasteiger partial charge in [-0.2, -0.15) is 18.4 Å². The van der Waals surface area contributed by atoms with Crippen LogP contribution in [0.5, 0.6) is 23.0 Å². The largest absolute Gasteiger partial charge is 0.496 e. The second-order valence-electron chi connectivity index (χ2n) is 13.1. The first kappa shape index (κ1) is 43.0. The number of methoxy groups -OCH3 is 1. The Balaban J connectivity index is 1.36. The van der Waals surface area contributed by atoms with Gasteiger partial charge in [0.15, 0.2) is 0 Å². The molecule has 5 aromatic rings. The number of carbonyl (C=O) groups excluding carboxylic acids is 1. The number of nitriles is 1. The van der Waals surface area contributed by atoms with E-state index in [4.69, 9.17) is 35.7 Å². The fraction of sp³-hybridized carbons (Fsp3) is 0.256. The minimum absolute atomic E-state index is 0.00295. The lowest BCUT2D eigenvalue weighted by molar-refractivity contribution is -0.139. The number of ether oxygens (including phenoxy) is 4. The zero-order valence-electron chi connectivity index (χ0n) is 31.8. The summed E-state index contributed by atoms with van der Waals surface area (Å²) in [5.74, 6) is -0.503. The van der Waals surface area contributed by atoms with Crippen molar-refractivity contribution in [2.45, 2.75) is 52.9 Å². The van der Waals surface area contributed by atoms with Crippen molar-refractivity contribution in [2.24, 2.45) is 0 Å². The average molecular weight is 817 g/mol. The van der Waals surface area contributed by atoms with Crippen LogP contribution in [0.25, 0.3) is 11.1 Å². The number of carboxylic acid groups (broad SMARTS) is 1. The summed E-state index contributed by atoms with van der Waals surface area (Å²) in [7, 11) is 1.35. The van der Waals surface area contributed by atoms with Gasteiger partial charge < -0.3 is 39.5 Å².